The smallest absolute Gasteiger partial charge is 0.278 e. The van der Waals surface area contributed by atoms with Gasteiger partial charge in [-0.15, -0.1) is 11.8 Å². The second kappa shape index (κ2) is 8.77. The van der Waals surface area contributed by atoms with Crippen LogP contribution in [0.3, 0.4) is 0 Å². The topological polar surface area (TPSA) is 86.0 Å². The molecular weight excluding hydrogens is 462 g/mol. The number of nitrogens with zero attached hydrogens (tertiary/aromatic N) is 3. The summed E-state index contributed by atoms with van der Waals surface area (Å²) in [5, 5.41) is 23.1. The van der Waals surface area contributed by atoms with Gasteiger partial charge in [0.05, 0.1) is 18.7 Å². The number of thioether (sulfide) groups is 1. The molecule has 3 heterocycles. The predicted molar refractivity (Wildman–Crippen MR) is 136 cm³/mol. The summed E-state index contributed by atoms with van der Waals surface area (Å²) in [7, 11) is 0. The highest BCUT2D eigenvalue weighted by Gasteiger charge is 2.43. The predicted octanol–water partition coefficient (Wildman–Crippen LogP) is 3.71. The highest BCUT2D eigenvalue weighted by molar-refractivity contribution is 7.98. The van der Waals surface area contributed by atoms with Crippen molar-refractivity contribution in [1.29, 1.82) is 0 Å². The monoisotopic (exact) mass is 491 g/mol. The maximum atomic E-state index is 13.7. The molecule has 2 aliphatic heterocycles. The summed E-state index contributed by atoms with van der Waals surface area (Å²) < 4.78 is 1.61. The first-order valence-electron chi connectivity index (χ1n) is 11.6. The number of benzene rings is 2. The molecule has 8 heteroatoms. The Morgan fingerprint density at radius 3 is 2.43 bits per heavy atom. The first-order valence-corrected chi connectivity index (χ1v) is 12.6. The molecule has 0 radical (unpaired) electrons. The number of fused-ring (bicyclic) bond motifs is 3. The number of carbonyl (C=O) groups is 1. The van der Waals surface area contributed by atoms with Crippen LogP contribution in [0.1, 0.15) is 54.0 Å². The molecule has 0 saturated carbocycles. The summed E-state index contributed by atoms with van der Waals surface area (Å²) in [4.78, 5) is 28.8. The van der Waals surface area contributed by atoms with E-state index in [1.807, 2.05) is 50.0 Å². The van der Waals surface area contributed by atoms with Crippen molar-refractivity contribution >= 4 is 17.7 Å². The lowest BCUT2D eigenvalue weighted by Gasteiger charge is -2.48. The molecule has 2 aromatic carbocycles. The molecule has 3 aromatic rings. The van der Waals surface area contributed by atoms with Crippen LogP contribution in [0.25, 0.3) is 0 Å². The van der Waals surface area contributed by atoms with Gasteiger partial charge in [0.2, 0.25) is 5.43 Å². The summed E-state index contributed by atoms with van der Waals surface area (Å²) in [5.41, 5.74) is 2.23. The minimum absolute atomic E-state index is 0.0849. The van der Waals surface area contributed by atoms with Crippen LogP contribution in [-0.4, -0.2) is 45.0 Å². The Labute approximate surface area is 208 Å². The van der Waals surface area contributed by atoms with E-state index in [0.717, 1.165) is 21.8 Å². The Hall–Kier alpha value is -3.23. The number of amides is 1. The summed E-state index contributed by atoms with van der Waals surface area (Å²) >= 11 is 1.77. The number of carbonyl (C=O) groups excluding carboxylic acids is 1. The zero-order valence-electron chi connectivity index (χ0n) is 20.0. The first-order chi connectivity index (χ1) is 16.7. The molecule has 2 N–H and O–H groups in total. The number of hydrogen-bond acceptors (Lipinski definition) is 6. The van der Waals surface area contributed by atoms with E-state index in [9.17, 15) is 19.8 Å². The quantitative estimate of drug-likeness (QED) is 0.581. The van der Waals surface area contributed by atoms with Gasteiger partial charge in [-0.1, -0.05) is 63.2 Å². The molecule has 182 valence electrons. The van der Waals surface area contributed by atoms with Gasteiger partial charge < -0.3 is 15.1 Å². The summed E-state index contributed by atoms with van der Waals surface area (Å²) in [6, 6.07) is 16.9. The molecule has 35 heavy (non-hydrogen) atoms. The van der Waals surface area contributed by atoms with Gasteiger partial charge in [0, 0.05) is 22.9 Å². The van der Waals surface area contributed by atoms with Gasteiger partial charge in [-0.3, -0.25) is 19.3 Å². The van der Waals surface area contributed by atoms with Gasteiger partial charge in [0.25, 0.3) is 5.91 Å². The van der Waals surface area contributed by atoms with Crippen molar-refractivity contribution in [3.63, 3.8) is 0 Å². The van der Waals surface area contributed by atoms with Crippen LogP contribution in [0.15, 0.2) is 70.5 Å². The molecule has 1 amide bonds. The Morgan fingerprint density at radius 2 is 1.71 bits per heavy atom. The normalized spacial score (nSPS) is 18.4. The van der Waals surface area contributed by atoms with Crippen LogP contribution in [-0.2, 0) is 5.75 Å². The maximum Gasteiger partial charge on any atom is 0.278 e. The van der Waals surface area contributed by atoms with E-state index in [0.29, 0.717) is 0 Å². The standard InChI is InChI=1S/C27H29N3O4S/c1-27(2,3)22(14-31)28-16-30(29-13-12-20(32)25(33)24(29)26(28)34)23-18-9-5-4-8-17(18)15-35-21-11-7-6-10-19(21)23/h4-13,22-23,31,33H,14-16H2,1-3H3. The minimum Gasteiger partial charge on any atom is -0.502 e. The second-order valence-electron chi connectivity index (χ2n) is 10.1. The van der Waals surface area contributed by atoms with Crippen molar-refractivity contribution in [2.75, 3.05) is 18.3 Å². The van der Waals surface area contributed by atoms with E-state index < -0.39 is 28.5 Å². The number of aromatic hydroxyl groups is 1. The number of aliphatic hydroxyl groups is 1. The van der Waals surface area contributed by atoms with E-state index in [4.69, 9.17) is 0 Å². The fourth-order valence-electron chi connectivity index (χ4n) is 5.06. The molecular formula is C27H29N3O4S. The van der Waals surface area contributed by atoms with E-state index in [-0.39, 0.29) is 25.0 Å². The van der Waals surface area contributed by atoms with E-state index in [1.165, 1.54) is 11.6 Å². The third-order valence-corrected chi connectivity index (χ3v) is 8.02. The van der Waals surface area contributed by atoms with Crippen LogP contribution >= 0.6 is 11.8 Å². The van der Waals surface area contributed by atoms with Crippen molar-refractivity contribution < 1.29 is 15.0 Å². The zero-order chi connectivity index (χ0) is 24.9. The van der Waals surface area contributed by atoms with E-state index >= 15 is 0 Å². The largest absolute Gasteiger partial charge is 0.502 e. The molecule has 2 aliphatic rings. The summed E-state index contributed by atoms with van der Waals surface area (Å²) in [5.74, 6) is -0.249. The highest BCUT2D eigenvalue weighted by Crippen LogP contribution is 2.43. The van der Waals surface area contributed by atoms with Crippen LogP contribution in [0.5, 0.6) is 5.75 Å². The molecule has 2 atom stereocenters. The molecule has 7 nitrogen and oxygen atoms in total. The Morgan fingerprint density at radius 1 is 1.03 bits per heavy atom. The molecule has 0 bridgehead atoms. The molecule has 0 spiro atoms. The van der Waals surface area contributed by atoms with Crippen LogP contribution < -0.4 is 10.4 Å². The van der Waals surface area contributed by atoms with Crippen LogP contribution in [0.2, 0.25) is 0 Å². The Balaban J connectivity index is 1.77. The summed E-state index contributed by atoms with van der Waals surface area (Å²) in [6.45, 7) is 5.82. The lowest BCUT2D eigenvalue weighted by atomic mass is 9.85. The lowest BCUT2D eigenvalue weighted by Crippen LogP contribution is -2.61. The van der Waals surface area contributed by atoms with Gasteiger partial charge in [-0.2, -0.15) is 0 Å². The molecule has 1 aromatic heterocycles. The fourth-order valence-corrected chi connectivity index (χ4v) is 6.15. The van der Waals surface area contributed by atoms with Gasteiger partial charge in [0.15, 0.2) is 11.4 Å². The molecule has 0 aliphatic carbocycles. The number of hydrogen-bond donors (Lipinski definition) is 2. The lowest BCUT2D eigenvalue weighted by molar-refractivity contribution is 0.0236. The molecule has 2 unspecified atom stereocenters. The molecule has 0 saturated heterocycles. The van der Waals surface area contributed by atoms with Crippen molar-refractivity contribution in [3.05, 3.63) is 93.4 Å². The minimum atomic E-state index is -0.611. The third kappa shape index (κ3) is 3.90. The number of aliphatic hydroxyl groups excluding tert-OH is 1. The van der Waals surface area contributed by atoms with Crippen molar-refractivity contribution in [2.45, 2.75) is 43.5 Å². The third-order valence-electron chi connectivity index (χ3n) is 6.88. The van der Waals surface area contributed by atoms with Gasteiger partial charge in [-0.25, -0.2) is 0 Å². The number of aromatic nitrogens is 1. The van der Waals surface area contributed by atoms with Crippen LogP contribution in [0, 0.1) is 5.41 Å². The molecule has 5 rings (SSSR count). The average Bonchev–Trinajstić information content (AvgIpc) is 2.99. The average molecular weight is 492 g/mol. The maximum absolute atomic E-state index is 13.7. The van der Waals surface area contributed by atoms with Crippen molar-refractivity contribution in [3.8, 4) is 5.75 Å². The summed E-state index contributed by atoms with van der Waals surface area (Å²) in [6.07, 6.45) is 1.56. The Bertz CT molecular complexity index is 1300. The Kier molecular flexibility index (Phi) is 5.89. The first kappa shape index (κ1) is 23.5. The van der Waals surface area contributed by atoms with Gasteiger partial charge in [-0.05, 0) is 28.2 Å². The SMILES string of the molecule is CC(C)(C)C(CO)N1CN(C2c3ccccc3CSc3ccccc32)n2ccc(=O)c(O)c2C1=O. The van der Waals surface area contributed by atoms with Crippen LogP contribution in [0.4, 0.5) is 0 Å². The van der Waals surface area contributed by atoms with Gasteiger partial charge >= 0.3 is 0 Å². The van der Waals surface area contributed by atoms with Gasteiger partial charge in [0.1, 0.15) is 6.67 Å². The zero-order valence-corrected chi connectivity index (χ0v) is 20.8. The molecule has 0 fully saturated rings. The van der Waals surface area contributed by atoms with Crippen molar-refractivity contribution in [1.82, 2.24) is 9.58 Å². The van der Waals surface area contributed by atoms with E-state index in [1.54, 1.807) is 27.5 Å². The van der Waals surface area contributed by atoms with Crippen molar-refractivity contribution in [2.24, 2.45) is 5.41 Å². The highest BCUT2D eigenvalue weighted by atomic mass is 32.2. The number of rotatable bonds is 3. The number of pyridine rings is 1. The fraction of sp³-hybridized carbons (Fsp3) is 0.333. The second-order valence-corrected chi connectivity index (χ2v) is 11.1. The van der Waals surface area contributed by atoms with E-state index in [2.05, 4.69) is 24.3 Å².